The maximum Gasteiger partial charge on any atom is 0.343 e. The van der Waals surface area contributed by atoms with Crippen LogP contribution in [0.4, 0.5) is 0 Å². The Labute approximate surface area is 121 Å². The molecule has 0 aliphatic carbocycles. The Morgan fingerprint density at radius 1 is 1.05 bits per heavy atom. The van der Waals surface area contributed by atoms with Gasteiger partial charge in [-0.05, 0) is 55.7 Å². The highest BCUT2D eigenvalue weighted by molar-refractivity contribution is 9.10. The molecule has 0 atom stereocenters. The lowest BCUT2D eigenvalue weighted by atomic mass is 10.1. The maximum atomic E-state index is 12.1. The van der Waals surface area contributed by atoms with Crippen LogP contribution in [0.15, 0.2) is 40.9 Å². The van der Waals surface area contributed by atoms with Crippen molar-refractivity contribution in [2.75, 3.05) is 0 Å². The Morgan fingerprint density at radius 3 is 2.47 bits per heavy atom. The predicted molar refractivity (Wildman–Crippen MR) is 79.8 cm³/mol. The van der Waals surface area contributed by atoms with Crippen LogP contribution in [0.3, 0.4) is 0 Å². The van der Waals surface area contributed by atoms with Crippen molar-refractivity contribution in [2.45, 2.75) is 20.8 Å². The lowest BCUT2D eigenvalue weighted by Crippen LogP contribution is -2.09. The minimum absolute atomic E-state index is 0.339. The molecule has 98 valence electrons. The topological polar surface area (TPSA) is 26.3 Å². The molecule has 0 unspecified atom stereocenters. The minimum atomic E-state index is -0.339. The number of rotatable bonds is 2. The molecule has 0 aliphatic rings. The molecule has 0 heterocycles. The van der Waals surface area contributed by atoms with E-state index in [9.17, 15) is 4.79 Å². The number of esters is 1. The van der Waals surface area contributed by atoms with Crippen molar-refractivity contribution < 1.29 is 9.53 Å². The second-order valence-corrected chi connectivity index (χ2v) is 5.41. The van der Waals surface area contributed by atoms with Gasteiger partial charge < -0.3 is 4.74 Å². The van der Waals surface area contributed by atoms with Crippen LogP contribution in [-0.2, 0) is 0 Å². The smallest absolute Gasteiger partial charge is 0.343 e. The lowest BCUT2D eigenvalue weighted by molar-refractivity contribution is 0.0733. The molecule has 0 saturated heterocycles. The fourth-order valence-electron chi connectivity index (χ4n) is 1.71. The maximum absolute atomic E-state index is 12.1. The molecule has 19 heavy (non-hydrogen) atoms. The molecule has 2 aromatic carbocycles. The summed E-state index contributed by atoms with van der Waals surface area (Å²) in [6.07, 6.45) is 0. The number of halogens is 1. The van der Waals surface area contributed by atoms with E-state index < -0.39 is 0 Å². The number of hydrogen-bond donors (Lipinski definition) is 0. The number of carbonyl (C=O) groups is 1. The molecule has 0 amide bonds. The second-order valence-electron chi connectivity index (χ2n) is 4.55. The summed E-state index contributed by atoms with van der Waals surface area (Å²) in [5.74, 6) is 0.274. The molecule has 0 radical (unpaired) electrons. The van der Waals surface area contributed by atoms with E-state index in [0.29, 0.717) is 11.3 Å². The highest BCUT2D eigenvalue weighted by Crippen LogP contribution is 2.23. The first-order valence-electron chi connectivity index (χ1n) is 6.03. The molecule has 0 N–H and O–H groups in total. The molecule has 0 spiro atoms. The summed E-state index contributed by atoms with van der Waals surface area (Å²) in [5.41, 5.74) is 3.72. The van der Waals surface area contributed by atoms with Gasteiger partial charge >= 0.3 is 5.97 Å². The molecule has 0 saturated carbocycles. The molecular weight excluding hydrogens is 304 g/mol. The van der Waals surface area contributed by atoms with E-state index in [4.69, 9.17) is 4.74 Å². The Morgan fingerprint density at radius 2 is 1.79 bits per heavy atom. The Balaban J connectivity index is 2.26. The minimum Gasteiger partial charge on any atom is -0.423 e. The van der Waals surface area contributed by atoms with Crippen LogP contribution in [0.25, 0.3) is 0 Å². The quantitative estimate of drug-likeness (QED) is 0.597. The van der Waals surface area contributed by atoms with Gasteiger partial charge in [-0.2, -0.15) is 0 Å². The lowest BCUT2D eigenvalue weighted by Gasteiger charge is -2.09. The van der Waals surface area contributed by atoms with Gasteiger partial charge in [0, 0.05) is 4.47 Å². The van der Waals surface area contributed by atoms with Crippen LogP contribution in [0.5, 0.6) is 5.75 Å². The number of aryl methyl sites for hydroxylation is 2. The van der Waals surface area contributed by atoms with Crippen molar-refractivity contribution in [3.8, 4) is 5.75 Å². The average molecular weight is 319 g/mol. The van der Waals surface area contributed by atoms with Gasteiger partial charge in [0.1, 0.15) is 5.75 Å². The Bertz CT molecular complexity index is 633. The van der Waals surface area contributed by atoms with Gasteiger partial charge in [0.25, 0.3) is 0 Å². The largest absolute Gasteiger partial charge is 0.423 e. The number of carbonyl (C=O) groups excluding carboxylic acids is 1. The molecule has 0 bridgehead atoms. The summed E-state index contributed by atoms with van der Waals surface area (Å²) in [7, 11) is 0. The van der Waals surface area contributed by atoms with Crippen molar-refractivity contribution >= 4 is 21.9 Å². The molecule has 0 aliphatic heterocycles. The third-order valence-electron chi connectivity index (χ3n) is 3.17. The zero-order valence-corrected chi connectivity index (χ0v) is 12.7. The fraction of sp³-hybridized carbons (Fsp3) is 0.188. The summed E-state index contributed by atoms with van der Waals surface area (Å²) < 4.78 is 6.35. The van der Waals surface area contributed by atoms with Crippen LogP contribution in [0.1, 0.15) is 27.0 Å². The summed E-state index contributed by atoms with van der Waals surface area (Å²) in [4.78, 5) is 12.1. The van der Waals surface area contributed by atoms with Gasteiger partial charge in [0.15, 0.2) is 0 Å². The van der Waals surface area contributed by atoms with E-state index in [1.165, 1.54) is 0 Å². The third-order valence-corrected chi connectivity index (χ3v) is 4.02. The van der Waals surface area contributed by atoms with Crippen LogP contribution < -0.4 is 4.74 Å². The van der Waals surface area contributed by atoms with E-state index in [0.717, 1.165) is 21.2 Å². The summed E-state index contributed by atoms with van der Waals surface area (Å²) in [6, 6.07) is 11.1. The molecule has 3 heteroatoms. The SMILES string of the molecule is Cc1ccc(C(=O)Oc2cccc(C)c2C)cc1Br. The van der Waals surface area contributed by atoms with Crippen molar-refractivity contribution in [2.24, 2.45) is 0 Å². The first-order chi connectivity index (χ1) is 8.99. The van der Waals surface area contributed by atoms with E-state index in [1.54, 1.807) is 12.1 Å². The van der Waals surface area contributed by atoms with Crippen LogP contribution >= 0.6 is 15.9 Å². The number of ether oxygens (including phenoxy) is 1. The van der Waals surface area contributed by atoms with Gasteiger partial charge in [0.2, 0.25) is 0 Å². The van der Waals surface area contributed by atoms with Crippen LogP contribution in [0.2, 0.25) is 0 Å². The predicted octanol–water partition coefficient (Wildman–Crippen LogP) is 4.59. The van der Waals surface area contributed by atoms with E-state index >= 15 is 0 Å². The molecule has 2 rings (SSSR count). The van der Waals surface area contributed by atoms with Crippen LogP contribution in [-0.4, -0.2) is 5.97 Å². The third kappa shape index (κ3) is 3.04. The van der Waals surface area contributed by atoms with Gasteiger partial charge in [-0.1, -0.05) is 34.1 Å². The molecular formula is C16H15BrO2. The van der Waals surface area contributed by atoms with Gasteiger partial charge in [0.05, 0.1) is 5.56 Å². The normalized spacial score (nSPS) is 10.3. The fourth-order valence-corrected chi connectivity index (χ4v) is 2.09. The van der Waals surface area contributed by atoms with Gasteiger partial charge in [-0.15, -0.1) is 0 Å². The Hall–Kier alpha value is -1.61. The second kappa shape index (κ2) is 5.57. The van der Waals surface area contributed by atoms with E-state index in [-0.39, 0.29) is 5.97 Å². The molecule has 2 aromatic rings. The number of hydrogen-bond acceptors (Lipinski definition) is 2. The van der Waals surface area contributed by atoms with Crippen molar-refractivity contribution in [3.05, 3.63) is 63.1 Å². The van der Waals surface area contributed by atoms with Crippen molar-refractivity contribution in [1.82, 2.24) is 0 Å². The Kier molecular flexibility index (Phi) is 4.05. The molecule has 0 aromatic heterocycles. The molecule has 2 nitrogen and oxygen atoms in total. The zero-order valence-electron chi connectivity index (χ0n) is 11.2. The van der Waals surface area contributed by atoms with E-state index in [2.05, 4.69) is 15.9 Å². The van der Waals surface area contributed by atoms with E-state index in [1.807, 2.05) is 45.0 Å². The number of benzene rings is 2. The first kappa shape index (κ1) is 13.8. The van der Waals surface area contributed by atoms with Crippen LogP contribution in [0, 0.1) is 20.8 Å². The highest BCUT2D eigenvalue weighted by Gasteiger charge is 2.11. The van der Waals surface area contributed by atoms with Gasteiger partial charge in [-0.3, -0.25) is 0 Å². The molecule has 0 fully saturated rings. The first-order valence-corrected chi connectivity index (χ1v) is 6.83. The van der Waals surface area contributed by atoms with Crippen molar-refractivity contribution in [3.63, 3.8) is 0 Å². The summed E-state index contributed by atoms with van der Waals surface area (Å²) >= 11 is 3.42. The van der Waals surface area contributed by atoms with Crippen molar-refractivity contribution in [1.29, 1.82) is 0 Å². The highest BCUT2D eigenvalue weighted by atomic mass is 79.9. The summed E-state index contributed by atoms with van der Waals surface area (Å²) in [5, 5.41) is 0. The van der Waals surface area contributed by atoms with Gasteiger partial charge in [-0.25, -0.2) is 4.79 Å². The average Bonchev–Trinajstić information content (AvgIpc) is 2.38. The monoisotopic (exact) mass is 318 g/mol. The summed E-state index contributed by atoms with van der Waals surface area (Å²) in [6.45, 7) is 5.92. The zero-order chi connectivity index (χ0) is 14.0. The standard InChI is InChI=1S/C16H15BrO2/c1-10-5-4-6-15(12(10)3)19-16(18)13-8-7-11(2)14(17)9-13/h4-9H,1-3H3.